The minimum absolute atomic E-state index is 0.233. The van der Waals surface area contributed by atoms with Crippen molar-refractivity contribution in [2.45, 2.75) is 76.2 Å². The van der Waals surface area contributed by atoms with Crippen LogP contribution in [0.3, 0.4) is 0 Å². The van der Waals surface area contributed by atoms with Gasteiger partial charge in [0.15, 0.2) is 0 Å². The molecule has 9 nitrogen and oxygen atoms in total. The largest absolute Gasteiger partial charge is 0.494 e. The van der Waals surface area contributed by atoms with Gasteiger partial charge < -0.3 is 29.3 Å². The maximum absolute atomic E-state index is 15.0. The van der Waals surface area contributed by atoms with Crippen molar-refractivity contribution in [3.63, 3.8) is 0 Å². The summed E-state index contributed by atoms with van der Waals surface area (Å²) in [6.45, 7) is 15.0. The van der Waals surface area contributed by atoms with Crippen LogP contribution in [-0.2, 0) is 19.1 Å². The molecular formula is C38H49N3O6. The molecule has 3 saturated heterocycles. The molecule has 0 radical (unpaired) electrons. The number of hydrogen-bond acceptors (Lipinski definition) is 6. The summed E-state index contributed by atoms with van der Waals surface area (Å²) in [5.74, 6) is -1.85. The molecule has 2 aromatic rings. The van der Waals surface area contributed by atoms with E-state index in [1.54, 1.807) is 26.9 Å². The lowest BCUT2D eigenvalue weighted by Gasteiger charge is -2.39. The van der Waals surface area contributed by atoms with E-state index in [1.807, 2.05) is 68.4 Å². The Kier molecular flexibility index (Phi) is 10.6. The monoisotopic (exact) mass is 643 g/mol. The fourth-order valence-electron chi connectivity index (χ4n) is 8.15. The quantitative estimate of drug-likeness (QED) is 0.249. The van der Waals surface area contributed by atoms with Crippen molar-refractivity contribution in [3.05, 3.63) is 85.5 Å². The van der Waals surface area contributed by atoms with Gasteiger partial charge >= 0.3 is 0 Å². The first-order valence-corrected chi connectivity index (χ1v) is 17.0. The molecule has 5 rings (SSSR count). The fraction of sp³-hybridized carbons (Fsp3) is 0.500. The molecule has 252 valence electrons. The van der Waals surface area contributed by atoms with Gasteiger partial charge in [-0.05, 0) is 62.4 Å². The normalized spacial score (nSPS) is 26.5. The van der Waals surface area contributed by atoms with Crippen LogP contribution in [0.2, 0.25) is 0 Å². The molecule has 3 amide bonds. The molecule has 1 N–H and O–H groups in total. The van der Waals surface area contributed by atoms with E-state index in [-0.39, 0.29) is 30.9 Å². The second-order valence-electron chi connectivity index (χ2n) is 12.8. The molecule has 2 unspecified atom stereocenters. The molecule has 3 fully saturated rings. The smallest absolute Gasteiger partial charge is 0.248 e. The third-order valence-electron chi connectivity index (χ3n) is 10.3. The average molecular weight is 644 g/mol. The minimum atomic E-state index is -1.23. The first-order chi connectivity index (χ1) is 22.8. The number of amides is 3. The van der Waals surface area contributed by atoms with E-state index < -0.39 is 35.1 Å². The molecule has 3 aliphatic heterocycles. The van der Waals surface area contributed by atoms with Gasteiger partial charge in [-0.1, -0.05) is 62.8 Å². The van der Waals surface area contributed by atoms with Crippen molar-refractivity contribution in [1.29, 1.82) is 0 Å². The zero-order valence-electron chi connectivity index (χ0n) is 28.0. The molecule has 2 aromatic carbocycles. The molecule has 47 heavy (non-hydrogen) atoms. The highest BCUT2D eigenvalue weighted by molar-refractivity contribution is 6.03. The number of anilines is 1. The van der Waals surface area contributed by atoms with Crippen LogP contribution in [0, 0.1) is 11.8 Å². The van der Waals surface area contributed by atoms with Crippen LogP contribution >= 0.6 is 0 Å². The lowest BCUT2D eigenvalue weighted by Crippen LogP contribution is -2.57. The standard InChI is InChI=1S/C38H49N3O6/c1-6-11-25-39(23-7-2)36(45)33-38-22-21-37(9-4,47-38)31(32(38)35(44)41(33)30(26-42)27-15-13-12-14-16-27)34(43)40(24-8-3)28-17-19-29(20-18-28)46-10-5/h7-8,12-20,30-33,42H,2-3,6,9-11,21-26H2,1,4-5H3/t30-,31-,32+,33?,37+,38?/m1/s1. The number of benzene rings is 2. The second-order valence-corrected chi connectivity index (χ2v) is 12.8. The van der Waals surface area contributed by atoms with Crippen LogP contribution in [0.1, 0.15) is 64.5 Å². The number of aliphatic hydroxyl groups is 1. The number of likely N-dealkylation sites (tertiary alicyclic amines) is 1. The number of nitrogens with zero attached hydrogens (tertiary/aromatic N) is 3. The number of fused-ring (bicyclic) bond motifs is 1. The summed E-state index contributed by atoms with van der Waals surface area (Å²) in [4.78, 5) is 49.6. The zero-order valence-corrected chi connectivity index (χ0v) is 28.0. The van der Waals surface area contributed by atoms with Gasteiger partial charge in [0.25, 0.3) is 0 Å². The number of aliphatic hydroxyl groups excluding tert-OH is 1. The Bertz CT molecular complexity index is 1450. The topological polar surface area (TPSA) is 99.6 Å². The SMILES string of the molecule is C=CCN(CCCC)C(=O)C1N([C@H](CO)c2ccccc2)C(=O)[C@@H]2[C@H](C(=O)N(CC=C)c3ccc(OCC)cc3)[C@]3(CC)CCC12O3. The summed E-state index contributed by atoms with van der Waals surface area (Å²) >= 11 is 0. The summed E-state index contributed by atoms with van der Waals surface area (Å²) in [6, 6.07) is 14.8. The molecule has 6 atom stereocenters. The van der Waals surface area contributed by atoms with Gasteiger partial charge in [0.2, 0.25) is 17.7 Å². The predicted octanol–water partition coefficient (Wildman–Crippen LogP) is 5.31. The van der Waals surface area contributed by atoms with Gasteiger partial charge in [-0.25, -0.2) is 0 Å². The van der Waals surface area contributed by atoms with E-state index in [2.05, 4.69) is 20.1 Å². The fourth-order valence-corrected chi connectivity index (χ4v) is 8.15. The lowest BCUT2D eigenvalue weighted by molar-refractivity contribution is -0.156. The van der Waals surface area contributed by atoms with E-state index in [9.17, 15) is 19.5 Å². The third kappa shape index (κ3) is 5.89. The summed E-state index contributed by atoms with van der Waals surface area (Å²) in [5.41, 5.74) is -0.769. The highest BCUT2D eigenvalue weighted by Gasteiger charge is 2.79. The Morgan fingerprint density at radius 1 is 1.04 bits per heavy atom. The van der Waals surface area contributed by atoms with E-state index >= 15 is 0 Å². The average Bonchev–Trinajstić information content (AvgIpc) is 3.70. The van der Waals surface area contributed by atoms with Crippen LogP contribution in [-0.4, -0.2) is 82.7 Å². The van der Waals surface area contributed by atoms with Gasteiger partial charge in [-0.3, -0.25) is 14.4 Å². The molecule has 0 aliphatic carbocycles. The van der Waals surface area contributed by atoms with Gasteiger partial charge in [0.1, 0.15) is 17.4 Å². The maximum Gasteiger partial charge on any atom is 0.248 e. The van der Waals surface area contributed by atoms with Crippen LogP contribution in [0.5, 0.6) is 5.75 Å². The van der Waals surface area contributed by atoms with Crippen LogP contribution in [0.4, 0.5) is 5.69 Å². The van der Waals surface area contributed by atoms with Crippen molar-refractivity contribution in [2.75, 3.05) is 37.7 Å². The van der Waals surface area contributed by atoms with E-state index in [0.717, 1.165) is 12.8 Å². The lowest BCUT2D eigenvalue weighted by atomic mass is 9.64. The van der Waals surface area contributed by atoms with Crippen LogP contribution in [0.15, 0.2) is 79.9 Å². The Balaban J connectivity index is 1.63. The van der Waals surface area contributed by atoms with Crippen molar-refractivity contribution in [3.8, 4) is 5.75 Å². The van der Waals surface area contributed by atoms with Crippen molar-refractivity contribution in [2.24, 2.45) is 11.8 Å². The van der Waals surface area contributed by atoms with Crippen molar-refractivity contribution in [1.82, 2.24) is 9.80 Å². The summed E-state index contributed by atoms with van der Waals surface area (Å²) in [5, 5.41) is 10.8. The molecule has 1 spiro atoms. The highest BCUT2D eigenvalue weighted by atomic mass is 16.5. The van der Waals surface area contributed by atoms with Gasteiger partial charge in [0, 0.05) is 25.3 Å². The van der Waals surface area contributed by atoms with E-state index in [0.29, 0.717) is 56.0 Å². The van der Waals surface area contributed by atoms with E-state index in [1.165, 1.54) is 0 Å². The number of rotatable bonds is 16. The summed E-state index contributed by atoms with van der Waals surface area (Å²) < 4.78 is 12.7. The summed E-state index contributed by atoms with van der Waals surface area (Å²) in [7, 11) is 0. The molecule has 3 aliphatic rings. The van der Waals surface area contributed by atoms with Crippen molar-refractivity contribution < 1.29 is 29.0 Å². The number of hydrogen-bond donors (Lipinski definition) is 1. The Morgan fingerprint density at radius 3 is 2.34 bits per heavy atom. The number of ether oxygens (including phenoxy) is 2. The molecule has 2 bridgehead atoms. The number of carbonyl (C=O) groups is 3. The number of unbranched alkanes of at least 4 members (excludes halogenated alkanes) is 1. The van der Waals surface area contributed by atoms with Gasteiger partial charge in [-0.15, -0.1) is 13.2 Å². The molecule has 0 aromatic heterocycles. The molecule has 3 heterocycles. The highest BCUT2D eigenvalue weighted by Crippen LogP contribution is 2.65. The first kappa shape index (κ1) is 34.4. The van der Waals surface area contributed by atoms with Crippen molar-refractivity contribution >= 4 is 23.4 Å². The van der Waals surface area contributed by atoms with Crippen LogP contribution < -0.4 is 9.64 Å². The van der Waals surface area contributed by atoms with Gasteiger partial charge in [-0.2, -0.15) is 0 Å². The third-order valence-corrected chi connectivity index (χ3v) is 10.3. The Morgan fingerprint density at radius 2 is 1.74 bits per heavy atom. The predicted molar refractivity (Wildman–Crippen MR) is 182 cm³/mol. The maximum atomic E-state index is 15.0. The second kappa shape index (κ2) is 14.4. The first-order valence-electron chi connectivity index (χ1n) is 17.0. The number of carbonyl (C=O) groups excluding carboxylic acids is 3. The summed E-state index contributed by atoms with van der Waals surface area (Å²) in [6.07, 6.45) is 6.56. The Hall–Kier alpha value is -3.95. The zero-order chi connectivity index (χ0) is 33.8. The van der Waals surface area contributed by atoms with Crippen LogP contribution in [0.25, 0.3) is 0 Å². The molecule has 9 heteroatoms. The van der Waals surface area contributed by atoms with Gasteiger partial charge in [0.05, 0.1) is 36.7 Å². The molecule has 0 saturated carbocycles. The van der Waals surface area contributed by atoms with E-state index in [4.69, 9.17) is 9.47 Å². The minimum Gasteiger partial charge on any atom is -0.494 e. The molecular weight excluding hydrogens is 594 g/mol. The Labute approximate surface area is 278 Å².